The van der Waals surface area contributed by atoms with E-state index in [1.807, 2.05) is 0 Å². The van der Waals surface area contributed by atoms with Gasteiger partial charge in [0.25, 0.3) is 0 Å². The van der Waals surface area contributed by atoms with Gasteiger partial charge in [-0.1, -0.05) is 13.3 Å². The predicted molar refractivity (Wildman–Crippen MR) is 85.5 cm³/mol. The lowest BCUT2D eigenvalue weighted by Crippen LogP contribution is -2.29. The largest absolute Gasteiger partial charge is 0.377 e. The van der Waals surface area contributed by atoms with Crippen LogP contribution in [0.2, 0.25) is 0 Å². The van der Waals surface area contributed by atoms with Gasteiger partial charge in [0.15, 0.2) is 0 Å². The Morgan fingerprint density at radius 3 is 2.35 bits per heavy atom. The fourth-order valence-corrected chi connectivity index (χ4v) is 1.68. The minimum absolute atomic E-state index is 0.00720. The average Bonchev–Trinajstić information content (AvgIpc) is 2.48. The quantitative estimate of drug-likeness (QED) is 0.373. The van der Waals surface area contributed by atoms with Gasteiger partial charge in [-0.25, -0.2) is 0 Å². The highest BCUT2D eigenvalue weighted by molar-refractivity contribution is 5.77. The maximum Gasteiger partial charge on any atom is 0.245 e. The second-order valence-corrected chi connectivity index (χ2v) is 5.30. The fourth-order valence-electron chi connectivity index (χ4n) is 1.68. The van der Waals surface area contributed by atoms with Crippen LogP contribution in [0.25, 0.3) is 0 Å². The van der Waals surface area contributed by atoms with Gasteiger partial charge in [-0.05, 0) is 12.8 Å². The molecular weight excluding hydrogens is 302 g/mol. The summed E-state index contributed by atoms with van der Waals surface area (Å²) in [4.78, 5) is 32.9. The molecule has 0 aliphatic rings. The SMILES string of the molecule is CC(=O)NCCOCCOCC(=O)NCCCCC(C)C(N)=O. The minimum atomic E-state index is -0.290. The average molecular weight is 331 g/mol. The number of unbranched alkanes of at least 4 members (excludes halogenated alkanes) is 1. The van der Waals surface area contributed by atoms with Gasteiger partial charge in [0, 0.05) is 25.9 Å². The van der Waals surface area contributed by atoms with Gasteiger partial charge in [-0.2, -0.15) is 0 Å². The summed E-state index contributed by atoms with van der Waals surface area (Å²) < 4.78 is 10.4. The van der Waals surface area contributed by atoms with Crippen LogP contribution in [0.15, 0.2) is 0 Å². The second-order valence-electron chi connectivity index (χ2n) is 5.30. The number of primary amides is 1. The normalized spacial score (nSPS) is 11.7. The van der Waals surface area contributed by atoms with E-state index in [4.69, 9.17) is 15.2 Å². The first-order chi connectivity index (χ1) is 10.9. The smallest absolute Gasteiger partial charge is 0.245 e. The summed E-state index contributed by atoms with van der Waals surface area (Å²) in [6.45, 7) is 5.37. The van der Waals surface area contributed by atoms with Gasteiger partial charge in [0.2, 0.25) is 17.7 Å². The fraction of sp³-hybridized carbons (Fsp3) is 0.800. The Balaban J connectivity index is 3.31. The lowest BCUT2D eigenvalue weighted by Gasteiger charge is -2.08. The number of carbonyl (C=O) groups is 3. The van der Waals surface area contributed by atoms with E-state index in [1.54, 1.807) is 6.92 Å². The number of nitrogens with two attached hydrogens (primary N) is 1. The van der Waals surface area contributed by atoms with Gasteiger partial charge < -0.3 is 25.8 Å². The molecule has 0 spiro atoms. The number of ether oxygens (including phenoxy) is 2. The first kappa shape index (κ1) is 21.3. The van der Waals surface area contributed by atoms with Crippen LogP contribution < -0.4 is 16.4 Å². The van der Waals surface area contributed by atoms with Crippen LogP contribution in [0, 0.1) is 5.92 Å². The van der Waals surface area contributed by atoms with Gasteiger partial charge >= 0.3 is 0 Å². The third kappa shape index (κ3) is 15.0. The number of hydrogen-bond donors (Lipinski definition) is 3. The van der Waals surface area contributed by atoms with Crippen LogP contribution in [-0.2, 0) is 23.9 Å². The molecule has 0 aromatic carbocycles. The van der Waals surface area contributed by atoms with Gasteiger partial charge in [0.05, 0.1) is 19.8 Å². The van der Waals surface area contributed by atoms with Crippen molar-refractivity contribution in [1.29, 1.82) is 0 Å². The number of carbonyl (C=O) groups excluding carboxylic acids is 3. The zero-order valence-corrected chi connectivity index (χ0v) is 14.1. The molecule has 0 aromatic rings. The van der Waals surface area contributed by atoms with Crippen LogP contribution in [0.4, 0.5) is 0 Å². The van der Waals surface area contributed by atoms with E-state index in [1.165, 1.54) is 6.92 Å². The van der Waals surface area contributed by atoms with Crippen LogP contribution in [-0.4, -0.2) is 57.2 Å². The number of rotatable bonds is 14. The minimum Gasteiger partial charge on any atom is -0.377 e. The van der Waals surface area contributed by atoms with E-state index in [0.717, 1.165) is 19.3 Å². The Morgan fingerprint density at radius 2 is 1.70 bits per heavy atom. The molecule has 1 atom stereocenters. The molecule has 1 unspecified atom stereocenters. The Bertz CT molecular complexity index is 363. The van der Waals surface area contributed by atoms with Gasteiger partial charge in [0.1, 0.15) is 6.61 Å². The van der Waals surface area contributed by atoms with Crippen molar-refractivity contribution in [1.82, 2.24) is 10.6 Å². The number of hydrogen-bond acceptors (Lipinski definition) is 5. The zero-order chi connectivity index (χ0) is 17.5. The molecule has 134 valence electrons. The van der Waals surface area contributed by atoms with E-state index < -0.39 is 0 Å². The van der Waals surface area contributed by atoms with Crippen LogP contribution in [0.5, 0.6) is 0 Å². The molecule has 0 saturated carbocycles. The molecule has 0 saturated heterocycles. The maximum atomic E-state index is 11.5. The van der Waals surface area contributed by atoms with E-state index in [2.05, 4.69) is 10.6 Å². The Labute approximate surface area is 137 Å². The molecule has 8 heteroatoms. The number of nitrogens with one attached hydrogen (secondary N) is 2. The highest BCUT2D eigenvalue weighted by atomic mass is 16.5. The van der Waals surface area contributed by atoms with Crippen molar-refractivity contribution in [2.75, 3.05) is 39.5 Å². The highest BCUT2D eigenvalue weighted by Crippen LogP contribution is 2.05. The molecule has 0 aliphatic heterocycles. The second kappa shape index (κ2) is 14.0. The molecule has 0 radical (unpaired) electrons. The summed E-state index contributed by atoms with van der Waals surface area (Å²) >= 11 is 0. The monoisotopic (exact) mass is 331 g/mol. The molecule has 4 N–H and O–H groups in total. The molecule has 23 heavy (non-hydrogen) atoms. The van der Waals surface area contributed by atoms with Gasteiger partial charge in [-0.15, -0.1) is 0 Å². The lowest BCUT2D eigenvalue weighted by molar-refractivity contribution is -0.126. The standard InChI is InChI=1S/C15H29N3O5/c1-12(15(16)21)5-3-4-6-18-14(20)11-23-10-9-22-8-7-17-13(2)19/h12H,3-11H2,1-2H3,(H2,16,21)(H,17,19)(H,18,20). The Kier molecular flexibility index (Phi) is 12.9. The maximum absolute atomic E-state index is 11.5. The van der Waals surface area contributed by atoms with Gasteiger partial charge in [-0.3, -0.25) is 14.4 Å². The van der Waals surface area contributed by atoms with Crippen molar-refractivity contribution in [2.45, 2.75) is 33.1 Å². The molecule has 0 heterocycles. The zero-order valence-electron chi connectivity index (χ0n) is 14.1. The molecular formula is C15H29N3O5. The van der Waals surface area contributed by atoms with E-state index in [-0.39, 0.29) is 30.2 Å². The predicted octanol–water partition coefficient (Wildman–Crippen LogP) is -0.436. The van der Waals surface area contributed by atoms with E-state index in [0.29, 0.717) is 32.9 Å². The third-order valence-corrected chi connectivity index (χ3v) is 3.10. The third-order valence-electron chi connectivity index (χ3n) is 3.10. The summed E-state index contributed by atoms with van der Waals surface area (Å²) in [5.74, 6) is -0.682. The van der Waals surface area contributed by atoms with Crippen LogP contribution in [0.3, 0.4) is 0 Å². The summed E-state index contributed by atoms with van der Waals surface area (Å²) in [6.07, 6.45) is 2.38. The van der Waals surface area contributed by atoms with Crippen LogP contribution >= 0.6 is 0 Å². The van der Waals surface area contributed by atoms with Crippen molar-refractivity contribution >= 4 is 17.7 Å². The topological polar surface area (TPSA) is 120 Å². The van der Waals surface area contributed by atoms with E-state index in [9.17, 15) is 14.4 Å². The summed E-state index contributed by atoms with van der Waals surface area (Å²) in [5, 5.41) is 5.35. The molecule has 0 bridgehead atoms. The summed E-state index contributed by atoms with van der Waals surface area (Å²) in [7, 11) is 0. The molecule has 0 rings (SSSR count). The van der Waals surface area contributed by atoms with Crippen LogP contribution in [0.1, 0.15) is 33.1 Å². The van der Waals surface area contributed by atoms with Crippen molar-refractivity contribution in [3.8, 4) is 0 Å². The lowest BCUT2D eigenvalue weighted by atomic mass is 10.0. The first-order valence-electron chi connectivity index (χ1n) is 7.89. The summed E-state index contributed by atoms with van der Waals surface area (Å²) in [5.41, 5.74) is 5.16. The summed E-state index contributed by atoms with van der Waals surface area (Å²) in [6, 6.07) is 0. The first-order valence-corrected chi connectivity index (χ1v) is 7.89. The molecule has 0 fully saturated rings. The Hall–Kier alpha value is -1.67. The number of amides is 3. The van der Waals surface area contributed by atoms with Crippen molar-refractivity contribution in [2.24, 2.45) is 11.7 Å². The Morgan fingerprint density at radius 1 is 1.00 bits per heavy atom. The van der Waals surface area contributed by atoms with E-state index >= 15 is 0 Å². The molecule has 0 aromatic heterocycles. The molecule has 0 aliphatic carbocycles. The van der Waals surface area contributed by atoms with Crippen molar-refractivity contribution in [3.05, 3.63) is 0 Å². The van der Waals surface area contributed by atoms with Crippen molar-refractivity contribution in [3.63, 3.8) is 0 Å². The molecule has 8 nitrogen and oxygen atoms in total. The van der Waals surface area contributed by atoms with Crippen molar-refractivity contribution < 1.29 is 23.9 Å². The highest BCUT2D eigenvalue weighted by Gasteiger charge is 2.07. The molecule has 3 amide bonds.